The van der Waals surface area contributed by atoms with E-state index in [0.717, 1.165) is 39.2 Å². The topological polar surface area (TPSA) is 150 Å². The van der Waals surface area contributed by atoms with Gasteiger partial charge < -0.3 is 9.47 Å². The van der Waals surface area contributed by atoms with Crippen LogP contribution in [-0.4, -0.2) is 50.8 Å². The molecular weight excluding hydrogens is 929 g/mol. The minimum atomic E-state index is -4.51. The van der Waals surface area contributed by atoms with Gasteiger partial charge in [-0.3, -0.25) is 13.5 Å². The first-order valence-corrected chi connectivity index (χ1v) is 19.5. The molecule has 2 aromatic rings. The molecule has 2 bridgehead atoms. The van der Waals surface area contributed by atoms with E-state index < -0.39 is 67.4 Å². The van der Waals surface area contributed by atoms with Gasteiger partial charge in [0, 0.05) is 22.5 Å². The van der Waals surface area contributed by atoms with Crippen molar-refractivity contribution in [2.75, 3.05) is 0 Å². The first-order chi connectivity index (χ1) is 19.8. The molecule has 2 aromatic carbocycles. The predicted molar refractivity (Wildman–Crippen MR) is 174 cm³/mol. The lowest BCUT2D eigenvalue weighted by molar-refractivity contribution is -0.143. The Morgan fingerprint density at radius 2 is 1.71 bits per heavy atom. The molecule has 4 aliphatic rings. The van der Waals surface area contributed by atoms with Crippen LogP contribution in [0.25, 0.3) is 0 Å². The summed E-state index contributed by atoms with van der Waals surface area (Å²) in [5, 5.41) is -1.12. The van der Waals surface area contributed by atoms with E-state index in [0.29, 0.717) is 21.1 Å². The van der Waals surface area contributed by atoms with Crippen LogP contribution in [0.4, 0.5) is 0 Å². The molecule has 1 N–H and O–H groups in total. The first kappa shape index (κ1) is 31.4. The molecule has 0 aromatic heterocycles. The molecule has 15 heteroatoms. The molecule has 3 saturated carbocycles. The quantitative estimate of drug-likeness (QED) is 0.101. The summed E-state index contributed by atoms with van der Waals surface area (Å²) in [6.45, 7) is 0. The van der Waals surface area contributed by atoms with E-state index >= 15 is 0 Å². The fourth-order valence-corrected chi connectivity index (χ4v) is 12.3. The molecule has 1 saturated heterocycles. The molecule has 6 unspecified atom stereocenters. The van der Waals surface area contributed by atoms with Gasteiger partial charge in [0.05, 0.1) is 16.4 Å². The number of hydrogen-bond donors (Lipinski definition) is 1. The average molecular weight is 954 g/mol. The van der Waals surface area contributed by atoms with Gasteiger partial charge in [-0.1, -0.05) is 19.3 Å². The third kappa shape index (κ3) is 5.65. The molecular formula is C27H25I3O10S2. The molecule has 4 fully saturated rings. The summed E-state index contributed by atoms with van der Waals surface area (Å²) in [6.07, 6.45) is 2.81. The Balaban J connectivity index is 1.28. The molecule has 10 nitrogen and oxygen atoms in total. The molecule has 1 heterocycles. The van der Waals surface area contributed by atoms with E-state index in [9.17, 15) is 31.0 Å². The van der Waals surface area contributed by atoms with Crippen LogP contribution in [0.5, 0.6) is 5.75 Å². The fraction of sp³-hybridized carbons (Fsp3) is 0.481. The van der Waals surface area contributed by atoms with Crippen LogP contribution in [0, 0.1) is 28.5 Å². The fourth-order valence-electron chi connectivity index (χ4n) is 7.09. The van der Waals surface area contributed by atoms with Crippen molar-refractivity contribution in [2.24, 2.45) is 17.8 Å². The Hall–Kier alpha value is -0.610. The van der Waals surface area contributed by atoms with E-state index in [1.165, 1.54) is 18.2 Å². The SMILES string of the molecule is O=C(OC1C2CC3C1OS(=O)(=O)C3C2C(=O)Oc1ccc(S(=O)(=O)O)c(C2CCCCC2)c1)c1cc(I)cc(I)c1I. The van der Waals surface area contributed by atoms with Crippen LogP contribution >= 0.6 is 67.8 Å². The monoisotopic (exact) mass is 954 g/mol. The van der Waals surface area contributed by atoms with Crippen molar-refractivity contribution in [3.8, 4) is 5.75 Å². The lowest BCUT2D eigenvalue weighted by Crippen LogP contribution is -2.46. The number of benzene rings is 2. The maximum absolute atomic E-state index is 13.6. The van der Waals surface area contributed by atoms with Crippen LogP contribution < -0.4 is 4.74 Å². The molecule has 0 spiro atoms. The van der Waals surface area contributed by atoms with E-state index in [2.05, 4.69) is 67.8 Å². The predicted octanol–water partition coefficient (Wildman–Crippen LogP) is 5.29. The highest BCUT2D eigenvalue weighted by molar-refractivity contribution is 14.1. The van der Waals surface area contributed by atoms with Crippen LogP contribution in [0.2, 0.25) is 0 Å². The van der Waals surface area contributed by atoms with Crippen molar-refractivity contribution >= 4 is 99.9 Å². The summed E-state index contributed by atoms with van der Waals surface area (Å²) in [4.78, 5) is 26.7. The van der Waals surface area contributed by atoms with Gasteiger partial charge in [-0.05, 0) is 129 Å². The van der Waals surface area contributed by atoms with Gasteiger partial charge in [0.25, 0.3) is 20.2 Å². The average Bonchev–Trinajstić information content (AvgIpc) is 3.53. The first-order valence-electron chi connectivity index (χ1n) is 13.4. The summed E-state index contributed by atoms with van der Waals surface area (Å²) >= 11 is 6.29. The van der Waals surface area contributed by atoms with Crippen molar-refractivity contribution in [3.63, 3.8) is 0 Å². The van der Waals surface area contributed by atoms with Gasteiger partial charge in [0.2, 0.25) is 0 Å². The summed E-state index contributed by atoms with van der Waals surface area (Å²) < 4.78 is 79.5. The Morgan fingerprint density at radius 1 is 1.00 bits per heavy atom. The molecule has 42 heavy (non-hydrogen) atoms. The van der Waals surface area contributed by atoms with Crippen molar-refractivity contribution in [2.45, 2.75) is 66.8 Å². The molecule has 6 atom stereocenters. The third-order valence-corrected chi connectivity index (χ3v) is 15.2. The second-order valence-electron chi connectivity index (χ2n) is 11.2. The molecule has 0 radical (unpaired) electrons. The highest BCUT2D eigenvalue weighted by Gasteiger charge is 2.72. The van der Waals surface area contributed by atoms with Crippen LogP contribution in [0.1, 0.15) is 60.4 Å². The van der Waals surface area contributed by atoms with Crippen molar-refractivity contribution < 1.29 is 44.6 Å². The number of ether oxygens (including phenoxy) is 2. The number of esters is 2. The molecule has 3 aliphatic carbocycles. The van der Waals surface area contributed by atoms with Crippen molar-refractivity contribution in [1.82, 2.24) is 0 Å². The van der Waals surface area contributed by atoms with Gasteiger partial charge in [0.1, 0.15) is 23.2 Å². The Kier molecular flexibility index (Phi) is 8.69. The van der Waals surface area contributed by atoms with Gasteiger partial charge in [-0.25, -0.2) is 4.79 Å². The lowest BCUT2D eigenvalue weighted by Gasteiger charge is -2.30. The number of halogens is 3. The smallest absolute Gasteiger partial charge is 0.339 e. The van der Waals surface area contributed by atoms with Gasteiger partial charge in [-0.15, -0.1) is 0 Å². The highest BCUT2D eigenvalue weighted by Crippen LogP contribution is 2.59. The van der Waals surface area contributed by atoms with Crippen LogP contribution in [-0.2, 0) is 34.0 Å². The number of rotatable bonds is 6. The summed E-state index contributed by atoms with van der Waals surface area (Å²) in [7, 11) is -8.64. The van der Waals surface area contributed by atoms with E-state index in [1.54, 1.807) is 6.07 Å². The van der Waals surface area contributed by atoms with E-state index in [-0.39, 0.29) is 16.6 Å². The Bertz CT molecular complexity index is 1690. The summed E-state index contributed by atoms with van der Waals surface area (Å²) in [5.74, 6) is -3.79. The number of fused-ring (bicyclic) bond motifs is 1. The maximum Gasteiger partial charge on any atom is 0.339 e. The second-order valence-corrected chi connectivity index (χ2v) is 17.8. The Labute approximate surface area is 284 Å². The van der Waals surface area contributed by atoms with E-state index in [1.807, 2.05) is 6.07 Å². The zero-order chi connectivity index (χ0) is 30.1. The normalized spacial score (nSPS) is 29.9. The Morgan fingerprint density at radius 3 is 2.40 bits per heavy atom. The number of carbonyl (C=O) groups excluding carboxylic acids is 2. The molecule has 1 aliphatic heterocycles. The standard InChI is InChI=1S/C27H25I3O10S2/c28-13-8-17(22(30)19(29)9-13)26(31)39-23-16-11-18-24(23)40-42(36,37)25(18)21(16)27(32)38-14-6-7-20(41(33,34)35)15(10-14)12-4-2-1-3-5-12/h6-10,12,16,18,21,23-25H,1-5,11H2,(H,33,34,35). The second kappa shape index (κ2) is 11.6. The molecule has 226 valence electrons. The van der Waals surface area contributed by atoms with Crippen molar-refractivity contribution in [3.05, 3.63) is 52.2 Å². The highest BCUT2D eigenvalue weighted by atomic mass is 127. The molecule has 0 amide bonds. The van der Waals surface area contributed by atoms with Gasteiger partial charge in [-0.2, -0.15) is 16.8 Å². The third-order valence-electron chi connectivity index (χ3n) is 8.78. The van der Waals surface area contributed by atoms with Gasteiger partial charge >= 0.3 is 11.9 Å². The molecule has 6 rings (SSSR count). The van der Waals surface area contributed by atoms with Gasteiger partial charge in [0.15, 0.2) is 0 Å². The number of carbonyl (C=O) groups is 2. The summed E-state index contributed by atoms with van der Waals surface area (Å²) in [5.41, 5.74) is 0.723. The summed E-state index contributed by atoms with van der Waals surface area (Å²) in [6, 6.07) is 7.55. The van der Waals surface area contributed by atoms with Crippen molar-refractivity contribution in [1.29, 1.82) is 0 Å². The van der Waals surface area contributed by atoms with Crippen LogP contribution in [0.3, 0.4) is 0 Å². The zero-order valence-electron chi connectivity index (χ0n) is 21.7. The van der Waals surface area contributed by atoms with E-state index in [4.69, 9.17) is 13.7 Å². The minimum absolute atomic E-state index is 0.0557. The maximum atomic E-state index is 13.6. The zero-order valence-corrected chi connectivity index (χ0v) is 29.8. The van der Waals surface area contributed by atoms with Crippen LogP contribution in [0.15, 0.2) is 35.2 Å². The minimum Gasteiger partial charge on any atom is -0.456 e. The largest absolute Gasteiger partial charge is 0.456 e. The lowest BCUT2D eigenvalue weighted by atomic mass is 9.84. The number of hydrogen-bond acceptors (Lipinski definition) is 9.